The molecular weight excluding hydrogens is 218 g/mol. The smallest absolute Gasteiger partial charge is 0.169 e. The maximum absolute atomic E-state index is 11.9. The van der Waals surface area contributed by atoms with Crippen LogP contribution in [-0.4, -0.2) is 10.8 Å². The first-order valence-corrected chi connectivity index (χ1v) is 6.03. The minimum Gasteiger partial charge on any atom is -0.294 e. The largest absolute Gasteiger partial charge is 0.294 e. The first-order chi connectivity index (χ1) is 7.66. The van der Waals surface area contributed by atoms with Crippen LogP contribution in [0.15, 0.2) is 29.8 Å². The maximum Gasteiger partial charge on any atom is 0.169 e. The Morgan fingerprint density at radius 2 is 2.12 bits per heavy atom. The van der Waals surface area contributed by atoms with E-state index in [1.165, 1.54) is 16.9 Å². The van der Waals surface area contributed by atoms with Crippen LogP contribution < -0.4 is 0 Å². The molecule has 1 heterocycles. The third-order valence-electron chi connectivity index (χ3n) is 2.62. The standard InChI is InChI=1S/C13H13NOS/c1-9-3-4-11(7-10(9)2)12(15)8-13-14-5-6-16-13/h3-7H,8H2,1-2H3. The van der Waals surface area contributed by atoms with Crippen LogP contribution in [0.5, 0.6) is 0 Å². The molecule has 3 heteroatoms. The van der Waals surface area contributed by atoms with Crippen LogP contribution in [0.4, 0.5) is 0 Å². The average molecular weight is 231 g/mol. The van der Waals surface area contributed by atoms with E-state index >= 15 is 0 Å². The zero-order chi connectivity index (χ0) is 11.5. The van der Waals surface area contributed by atoms with Gasteiger partial charge in [-0.1, -0.05) is 12.1 Å². The van der Waals surface area contributed by atoms with Crippen LogP contribution in [0.25, 0.3) is 0 Å². The molecule has 0 aliphatic heterocycles. The van der Waals surface area contributed by atoms with Crippen molar-refractivity contribution in [2.75, 3.05) is 0 Å². The number of carbonyl (C=O) groups excluding carboxylic acids is 1. The highest BCUT2D eigenvalue weighted by atomic mass is 32.1. The summed E-state index contributed by atoms with van der Waals surface area (Å²) in [5.74, 6) is 0.137. The quantitative estimate of drug-likeness (QED) is 0.759. The first kappa shape index (κ1) is 11.0. The number of aryl methyl sites for hydroxylation is 2. The molecule has 0 aliphatic rings. The SMILES string of the molecule is Cc1ccc(C(=O)Cc2nccs2)cc1C. The number of Topliss-reactive ketones (excluding diaryl/α,β-unsaturated/α-hetero) is 1. The molecule has 16 heavy (non-hydrogen) atoms. The van der Waals surface area contributed by atoms with Crippen LogP contribution >= 0.6 is 11.3 Å². The Bertz CT molecular complexity index is 503. The lowest BCUT2D eigenvalue weighted by Gasteiger charge is -2.03. The number of hydrogen-bond acceptors (Lipinski definition) is 3. The molecule has 1 aromatic carbocycles. The van der Waals surface area contributed by atoms with Gasteiger partial charge in [0.2, 0.25) is 0 Å². The number of thiazole rings is 1. The number of hydrogen-bond donors (Lipinski definition) is 0. The second-order valence-electron chi connectivity index (χ2n) is 3.82. The van der Waals surface area contributed by atoms with Crippen molar-refractivity contribution in [2.24, 2.45) is 0 Å². The number of benzene rings is 1. The molecule has 2 nitrogen and oxygen atoms in total. The van der Waals surface area contributed by atoms with Crippen molar-refractivity contribution in [3.8, 4) is 0 Å². The van der Waals surface area contributed by atoms with Gasteiger partial charge in [0, 0.05) is 17.1 Å². The molecule has 0 radical (unpaired) electrons. The van der Waals surface area contributed by atoms with Gasteiger partial charge in [-0.05, 0) is 31.0 Å². The van der Waals surface area contributed by atoms with Crippen molar-refractivity contribution in [1.29, 1.82) is 0 Å². The van der Waals surface area contributed by atoms with E-state index in [1.807, 2.05) is 37.4 Å². The zero-order valence-electron chi connectivity index (χ0n) is 9.36. The average Bonchev–Trinajstić information content (AvgIpc) is 2.74. The van der Waals surface area contributed by atoms with Crippen LogP contribution in [0.1, 0.15) is 26.5 Å². The summed E-state index contributed by atoms with van der Waals surface area (Å²) in [4.78, 5) is 16.1. The second kappa shape index (κ2) is 4.58. The predicted molar refractivity (Wildman–Crippen MR) is 66.1 cm³/mol. The number of ketones is 1. The fraction of sp³-hybridized carbons (Fsp3) is 0.231. The summed E-state index contributed by atoms with van der Waals surface area (Å²) in [5.41, 5.74) is 3.15. The van der Waals surface area contributed by atoms with Gasteiger partial charge in [-0.15, -0.1) is 11.3 Å². The van der Waals surface area contributed by atoms with Crippen LogP contribution in [0, 0.1) is 13.8 Å². The molecule has 0 spiro atoms. The molecule has 1 aromatic heterocycles. The van der Waals surface area contributed by atoms with E-state index in [9.17, 15) is 4.79 Å². The molecule has 0 bridgehead atoms. The van der Waals surface area contributed by atoms with E-state index < -0.39 is 0 Å². The lowest BCUT2D eigenvalue weighted by molar-refractivity contribution is 0.0993. The van der Waals surface area contributed by atoms with Crippen molar-refractivity contribution >= 4 is 17.1 Å². The first-order valence-electron chi connectivity index (χ1n) is 5.15. The molecular formula is C13H13NOS. The van der Waals surface area contributed by atoms with Crippen LogP contribution in [-0.2, 0) is 6.42 Å². The van der Waals surface area contributed by atoms with Gasteiger partial charge in [-0.25, -0.2) is 4.98 Å². The Labute approximate surface area is 99.0 Å². The van der Waals surface area contributed by atoms with Crippen LogP contribution in [0.3, 0.4) is 0 Å². The lowest BCUT2D eigenvalue weighted by Crippen LogP contribution is -2.03. The van der Waals surface area contributed by atoms with Gasteiger partial charge in [0.15, 0.2) is 5.78 Å². The van der Waals surface area contributed by atoms with Gasteiger partial charge < -0.3 is 0 Å². The molecule has 0 N–H and O–H groups in total. The molecule has 82 valence electrons. The molecule has 0 fully saturated rings. The Hall–Kier alpha value is -1.48. The fourth-order valence-corrected chi connectivity index (χ4v) is 2.11. The van der Waals surface area contributed by atoms with E-state index in [4.69, 9.17) is 0 Å². The van der Waals surface area contributed by atoms with Crippen molar-refractivity contribution in [3.05, 3.63) is 51.5 Å². The zero-order valence-corrected chi connectivity index (χ0v) is 10.2. The summed E-state index contributed by atoms with van der Waals surface area (Å²) in [7, 11) is 0. The summed E-state index contributed by atoms with van der Waals surface area (Å²) in [6, 6.07) is 5.83. The Morgan fingerprint density at radius 1 is 1.31 bits per heavy atom. The van der Waals surface area contributed by atoms with E-state index in [0.717, 1.165) is 16.1 Å². The topological polar surface area (TPSA) is 30.0 Å². The number of rotatable bonds is 3. The van der Waals surface area contributed by atoms with Crippen molar-refractivity contribution in [3.63, 3.8) is 0 Å². The van der Waals surface area contributed by atoms with Gasteiger partial charge in [0.05, 0.1) is 6.42 Å². The number of aromatic nitrogens is 1. The molecule has 0 saturated heterocycles. The molecule has 0 amide bonds. The second-order valence-corrected chi connectivity index (χ2v) is 4.80. The van der Waals surface area contributed by atoms with Gasteiger partial charge in [-0.3, -0.25) is 4.79 Å². The van der Waals surface area contributed by atoms with Crippen LogP contribution in [0.2, 0.25) is 0 Å². The van der Waals surface area contributed by atoms with E-state index in [0.29, 0.717) is 6.42 Å². The maximum atomic E-state index is 11.9. The minimum absolute atomic E-state index is 0.137. The summed E-state index contributed by atoms with van der Waals surface area (Å²) in [6.45, 7) is 4.07. The molecule has 2 rings (SSSR count). The number of carbonyl (C=O) groups is 1. The molecule has 0 atom stereocenters. The fourth-order valence-electron chi connectivity index (χ4n) is 1.49. The van der Waals surface area contributed by atoms with Crippen molar-refractivity contribution in [1.82, 2.24) is 4.98 Å². The highest BCUT2D eigenvalue weighted by Gasteiger charge is 2.09. The van der Waals surface area contributed by atoms with Gasteiger partial charge in [0.1, 0.15) is 5.01 Å². The van der Waals surface area contributed by atoms with E-state index in [1.54, 1.807) is 6.20 Å². The summed E-state index contributed by atoms with van der Waals surface area (Å²) in [6.07, 6.45) is 2.13. The van der Waals surface area contributed by atoms with Crippen molar-refractivity contribution < 1.29 is 4.79 Å². The monoisotopic (exact) mass is 231 g/mol. The van der Waals surface area contributed by atoms with Gasteiger partial charge in [-0.2, -0.15) is 0 Å². The third-order valence-corrected chi connectivity index (χ3v) is 3.40. The molecule has 0 aliphatic carbocycles. The highest BCUT2D eigenvalue weighted by Crippen LogP contribution is 2.13. The Kier molecular flexibility index (Phi) is 3.15. The molecule has 0 saturated carbocycles. The lowest BCUT2D eigenvalue weighted by atomic mass is 10.0. The highest BCUT2D eigenvalue weighted by molar-refractivity contribution is 7.09. The van der Waals surface area contributed by atoms with Gasteiger partial charge in [0.25, 0.3) is 0 Å². The Balaban J connectivity index is 2.18. The van der Waals surface area contributed by atoms with E-state index in [2.05, 4.69) is 4.98 Å². The molecule has 0 unspecified atom stereocenters. The predicted octanol–water partition coefficient (Wildman–Crippen LogP) is 3.19. The molecule has 2 aromatic rings. The third kappa shape index (κ3) is 2.36. The Morgan fingerprint density at radius 3 is 2.75 bits per heavy atom. The number of nitrogens with zero attached hydrogens (tertiary/aromatic N) is 1. The van der Waals surface area contributed by atoms with E-state index in [-0.39, 0.29) is 5.78 Å². The summed E-state index contributed by atoms with van der Waals surface area (Å²) < 4.78 is 0. The van der Waals surface area contributed by atoms with Gasteiger partial charge >= 0.3 is 0 Å². The summed E-state index contributed by atoms with van der Waals surface area (Å²) >= 11 is 1.52. The normalized spacial score (nSPS) is 10.4. The summed E-state index contributed by atoms with van der Waals surface area (Å²) in [5, 5.41) is 2.77. The minimum atomic E-state index is 0.137. The van der Waals surface area contributed by atoms with Crippen molar-refractivity contribution in [2.45, 2.75) is 20.3 Å².